The van der Waals surface area contributed by atoms with Crippen LogP contribution in [-0.2, 0) is 9.63 Å². The molecule has 0 saturated carbocycles. The van der Waals surface area contributed by atoms with Crippen molar-refractivity contribution in [3.63, 3.8) is 0 Å². The molecule has 5 nitrogen and oxygen atoms in total. The van der Waals surface area contributed by atoms with Gasteiger partial charge >= 0.3 is 0 Å². The number of benzene rings is 1. The smallest absolute Gasteiger partial charge is 0.260 e. The molecule has 21 heavy (non-hydrogen) atoms. The van der Waals surface area contributed by atoms with Crippen molar-refractivity contribution >= 4 is 27.5 Å². The Balaban J connectivity index is 2.07. The molecule has 1 aliphatic heterocycles. The minimum Gasteiger partial charge on any atom is -0.493 e. The van der Waals surface area contributed by atoms with Gasteiger partial charge in [-0.3, -0.25) is 4.79 Å². The molecule has 1 aromatic rings. The molecule has 0 fully saturated rings. The minimum absolute atomic E-state index is 0.0775. The monoisotopic (exact) mass is 354 g/mol. The summed E-state index contributed by atoms with van der Waals surface area (Å²) < 4.78 is 6.63. The van der Waals surface area contributed by atoms with E-state index in [2.05, 4.69) is 26.4 Å². The molecule has 1 N–H and O–H groups in total. The molecule has 1 aromatic carbocycles. The Bertz CT molecular complexity index is 544. The molecule has 114 valence electrons. The van der Waals surface area contributed by atoms with Crippen LogP contribution in [0.4, 0.5) is 0 Å². The summed E-state index contributed by atoms with van der Waals surface area (Å²) in [5, 5.41) is 6.88. The van der Waals surface area contributed by atoms with Crippen LogP contribution in [0.3, 0.4) is 0 Å². The maximum Gasteiger partial charge on any atom is 0.260 e. The summed E-state index contributed by atoms with van der Waals surface area (Å²) in [6, 6.07) is 5.89. The molecule has 1 heterocycles. The first-order valence-electron chi connectivity index (χ1n) is 6.97. The third kappa shape index (κ3) is 4.74. The van der Waals surface area contributed by atoms with Gasteiger partial charge in [0.15, 0.2) is 6.61 Å². The maximum absolute atomic E-state index is 11.5. The van der Waals surface area contributed by atoms with Crippen molar-refractivity contribution < 1.29 is 14.4 Å². The molecular formula is C15H19BrN2O3. The lowest BCUT2D eigenvalue weighted by Gasteiger charge is -2.09. The highest BCUT2D eigenvalue weighted by molar-refractivity contribution is 9.10. The van der Waals surface area contributed by atoms with Crippen LogP contribution in [-0.4, -0.2) is 30.9 Å². The first-order valence-corrected chi connectivity index (χ1v) is 7.76. The summed E-state index contributed by atoms with van der Waals surface area (Å²) in [4.78, 5) is 16.7. The molecule has 6 heteroatoms. The van der Waals surface area contributed by atoms with Crippen molar-refractivity contribution in [3.8, 4) is 5.75 Å². The Labute approximate surface area is 132 Å². The van der Waals surface area contributed by atoms with E-state index in [1.165, 1.54) is 0 Å². The number of hydrogen-bond donors (Lipinski definition) is 1. The lowest BCUT2D eigenvalue weighted by atomic mass is 10.1. The number of rotatable bonds is 4. The second-order valence-corrected chi connectivity index (χ2v) is 6.04. The predicted molar refractivity (Wildman–Crippen MR) is 84.6 cm³/mol. The number of oxime groups is 1. The first kappa shape index (κ1) is 15.8. The zero-order chi connectivity index (χ0) is 15.2. The molecule has 0 aromatic heterocycles. The quantitative estimate of drug-likeness (QED) is 0.845. The average Bonchev–Trinajstić information content (AvgIpc) is 2.60. The van der Waals surface area contributed by atoms with Gasteiger partial charge in [0.2, 0.25) is 0 Å². The molecule has 0 radical (unpaired) electrons. The van der Waals surface area contributed by atoms with Crippen molar-refractivity contribution in [3.05, 3.63) is 28.2 Å². The van der Waals surface area contributed by atoms with Gasteiger partial charge in [0.1, 0.15) is 5.75 Å². The summed E-state index contributed by atoms with van der Waals surface area (Å²) in [7, 11) is 0. The van der Waals surface area contributed by atoms with E-state index >= 15 is 0 Å². The van der Waals surface area contributed by atoms with Crippen LogP contribution in [0.15, 0.2) is 27.8 Å². The largest absolute Gasteiger partial charge is 0.493 e. The molecule has 0 spiro atoms. The van der Waals surface area contributed by atoms with E-state index < -0.39 is 0 Å². The molecule has 2 rings (SSSR count). The molecular weight excluding hydrogens is 336 g/mol. The number of carbonyl (C=O) groups is 1. The highest BCUT2D eigenvalue weighted by atomic mass is 79.9. The molecule has 0 bridgehead atoms. The lowest BCUT2D eigenvalue weighted by molar-refractivity contribution is -0.126. The fraction of sp³-hybridized carbons (Fsp3) is 0.467. The molecule has 0 aliphatic carbocycles. The Morgan fingerprint density at radius 2 is 2.33 bits per heavy atom. The molecule has 0 saturated heterocycles. The molecule has 0 unspecified atom stereocenters. The Kier molecular flexibility index (Phi) is 5.61. The average molecular weight is 355 g/mol. The van der Waals surface area contributed by atoms with Crippen LogP contribution in [0.1, 0.15) is 32.3 Å². The summed E-state index contributed by atoms with van der Waals surface area (Å²) in [6.07, 6.45) is 1.63. The normalized spacial score (nSPS) is 16.1. The van der Waals surface area contributed by atoms with Gasteiger partial charge in [0.05, 0.1) is 12.3 Å². The summed E-state index contributed by atoms with van der Waals surface area (Å²) in [5.41, 5.74) is 1.72. The fourth-order valence-electron chi connectivity index (χ4n) is 2.04. The zero-order valence-electron chi connectivity index (χ0n) is 12.2. The molecule has 1 aliphatic rings. The second-order valence-electron chi connectivity index (χ2n) is 5.13. The van der Waals surface area contributed by atoms with Crippen LogP contribution in [0.25, 0.3) is 0 Å². The van der Waals surface area contributed by atoms with Gasteiger partial charge in [-0.1, -0.05) is 21.1 Å². The van der Waals surface area contributed by atoms with Gasteiger partial charge in [-0.25, -0.2) is 0 Å². The van der Waals surface area contributed by atoms with E-state index in [0.29, 0.717) is 6.61 Å². The number of nitrogens with zero attached hydrogens (tertiary/aromatic N) is 1. The number of fused-ring (bicyclic) bond motifs is 1. The number of nitrogens with one attached hydrogen (secondary N) is 1. The first-order chi connectivity index (χ1) is 10.1. The fourth-order valence-corrected chi connectivity index (χ4v) is 2.40. The lowest BCUT2D eigenvalue weighted by Crippen LogP contribution is -2.32. The Hall–Kier alpha value is -1.56. The number of amides is 1. The summed E-state index contributed by atoms with van der Waals surface area (Å²) in [5.74, 6) is 0.623. The number of halogens is 1. The van der Waals surface area contributed by atoms with Crippen molar-refractivity contribution in [1.29, 1.82) is 0 Å². The Morgan fingerprint density at radius 3 is 3.10 bits per heavy atom. The van der Waals surface area contributed by atoms with Crippen molar-refractivity contribution in [2.45, 2.75) is 32.7 Å². The number of ether oxygens (including phenoxy) is 1. The van der Waals surface area contributed by atoms with Gasteiger partial charge < -0.3 is 14.9 Å². The van der Waals surface area contributed by atoms with E-state index in [1.807, 2.05) is 32.0 Å². The van der Waals surface area contributed by atoms with Crippen LogP contribution in [0, 0.1) is 0 Å². The van der Waals surface area contributed by atoms with Gasteiger partial charge in [0, 0.05) is 16.1 Å². The van der Waals surface area contributed by atoms with Gasteiger partial charge in [-0.05, 0) is 44.9 Å². The zero-order valence-corrected chi connectivity index (χ0v) is 13.8. The number of carbonyl (C=O) groups excluding carboxylic acids is 1. The predicted octanol–water partition coefficient (Wildman–Crippen LogP) is 2.87. The standard InChI is InChI=1S/C15H19BrN2O3/c1-10(2)17-15(19)9-21-18-13-4-3-7-20-14-6-5-11(16)8-12(13)14/h5-6,8,10H,3-4,7,9H2,1-2H3,(H,17,19)/b18-13-. The highest BCUT2D eigenvalue weighted by Gasteiger charge is 2.16. The minimum atomic E-state index is -0.173. The van der Waals surface area contributed by atoms with E-state index in [-0.39, 0.29) is 18.6 Å². The van der Waals surface area contributed by atoms with Crippen molar-refractivity contribution in [1.82, 2.24) is 5.32 Å². The third-order valence-electron chi connectivity index (χ3n) is 2.89. The van der Waals surface area contributed by atoms with Crippen molar-refractivity contribution in [2.75, 3.05) is 13.2 Å². The summed E-state index contributed by atoms with van der Waals surface area (Å²) >= 11 is 3.45. The second kappa shape index (κ2) is 7.45. The van der Waals surface area contributed by atoms with E-state index in [1.54, 1.807) is 0 Å². The molecule has 1 amide bonds. The third-order valence-corrected chi connectivity index (χ3v) is 3.38. The highest BCUT2D eigenvalue weighted by Crippen LogP contribution is 2.27. The van der Waals surface area contributed by atoms with Crippen LogP contribution in [0.5, 0.6) is 5.75 Å². The van der Waals surface area contributed by atoms with E-state index in [4.69, 9.17) is 9.57 Å². The van der Waals surface area contributed by atoms with Gasteiger partial charge in [0.25, 0.3) is 5.91 Å². The van der Waals surface area contributed by atoms with E-state index in [0.717, 1.165) is 34.3 Å². The topological polar surface area (TPSA) is 59.9 Å². The van der Waals surface area contributed by atoms with Crippen LogP contribution in [0.2, 0.25) is 0 Å². The van der Waals surface area contributed by atoms with Gasteiger partial charge in [-0.2, -0.15) is 0 Å². The van der Waals surface area contributed by atoms with Gasteiger partial charge in [-0.15, -0.1) is 0 Å². The SMILES string of the molecule is CC(C)NC(=O)CO/N=C1/CCCOc2ccc(Br)cc21. The van der Waals surface area contributed by atoms with Crippen LogP contribution < -0.4 is 10.1 Å². The molecule has 0 atom stereocenters. The maximum atomic E-state index is 11.5. The van der Waals surface area contributed by atoms with Crippen molar-refractivity contribution in [2.24, 2.45) is 5.16 Å². The van der Waals surface area contributed by atoms with Crippen LogP contribution >= 0.6 is 15.9 Å². The summed E-state index contributed by atoms with van der Waals surface area (Å²) in [6.45, 7) is 4.38. The van der Waals surface area contributed by atoms with E-state index in [9.17, 15) is 4.79 Å². The number of hydrogen-bond acceptors (Lipinski definition) is 4. The Morgan fingerprint density at radius 1 is 1.52 bits per heavy atom.